The number of isocyanates is 1. The van der Waals surface area contributed by atoms with E-state index in [1.807, 2.05) is 0 Å². The fraction of sp³-hybridized carbons (Fsp3) is 0.125. The highest BCUT2D eigenvalue weighted by atomic mass is 16.6. The lowest BCUT2D eigenvalue weighted by molar-refractivity contribution is -0.385. The second kappa shape index (κ2) is 4.13. The number of rotatable bonds is 3. The minimum Gasteiger partial charge on any atom is -0.258 e. The van der Waals surface area contributed by atoms with E-state index >= 15 is 0 Å². The Bertz CT molecular complexity index is 369. The first-order valence-electron chi connectivity index (χ1n) is 3.51. The van der Waals surface area contributed by atoms with Gasteiger partial charge in [-0.3, -0.25) is 10.1 Å². The molecule has 0 heterocycles. The molecule has 0 unspecified atom stereocenters. The monoisotopic (exact) mass is 178 g/mol. The van der Waals surface area contributed by atoms with Crippen LogP contribution in [-0.2, 0) is 11.3 Å². The number of para-hydroxylation sites is 1. The van der Waals surface area contributed by atoms with Crippen molar-refractivity contribution in [3.8, 4) is 0 Å². The van der Waals surface area contributed by atoms with E-state index in [0.29, 0.717) is 5.56 Å². The van der Waals surface area contributed by atoms with Crippen molar-refractivity contribution in [2.24, 2.45) is 4.99 Å². The van der Waals surface area contributed by atoms with Crippen LogP contribution >= 0.6 is 0 Å². The van der Waals surface area contributed by atoms with Gasteiger partial charge >= 0.3 is 0 Å². The standard InChI is InChI=1S/C8H6N2O3/c11-6-9-5-7-3-1-2-4-8(7)10(12)13/h1-4H,5H2. The van der Waals surface area contributed by atoms with Crippen LogP contribution in [0.3, 0.4) is 0 Å². The van der Waals surface area contributed by atoms with Crippen molar-refractivity contribution < 1.29 is 9.72 Å². The number of aliphatic imine (C=N–C) groups is 1. The van der Waals surface area contributed by atoms with E-state index in [1.54, 1.807) is 18.2 Å². The number of nitrogens with zero attached hydrogens (tertiary/aromatic N) is 2. The molecule has 5 heteroatoms. The van der Waals surface area contributed by atoms with Crippen LogP contribution in [0.4, 0.5) is 5.69 Å². The average molecular weight is 178 g/mol. The van der Waals surface area contributed by atoms with E-state index in [9.17, 15) is 14.9 Å². The highest BCUT2D eigenvalue weighted by Crippen LogP contribution is 2.17. The van der Waals surface area contributed by atoms with Gasteiger partial charge in [0.15, 0.2) is 0 Å². The molecule has 0 aliphatic heterocycles. The predicted molar refractivity (Wildman–Crippen MR) is 44.9 cm³/mol. The van der Waals surface area contributed by atoms with Crippen LogP contribution in [0.2, 0.25) is 0 Å². The summed E-state index contributed by atoms with van der Waals surface area (Å²) in [6.07, 6.45) is 1.33. The molecule has 0 saturated heterocycles. The molecule has 0 amide bonds. The highest BCUT2D eigenvalue weighted by Gasteiger charge is 2.10. The van der Waals surface area contributed by atoms with Gasteiger partial charge in [-0.1, -0.05) is 18.2 Å². The summed E-state index contributed by atoms with van der Waals surface area (Å²) < 4.78 is 0. The first kappa shape index (κ1) is 9.09. The van der Waals surface area contributed by atoms with Gasteiger partial charge in [-0.05, 0) is 0 Å². The number of benzene rings is 1. The lowest BCUT2D eigenvalue weighted by atomic mass is 10.2. The lowest BCUT2D eigenvalue weighted by Crippen LogP contribution is -1.93. The fourth-order valence-electron chi connectivity index (χ4n) is 0.940. The van der Waals surface area contributed by atoms with Crippen molar-refractivity contribution in [3.63, 3.8) is 0 Å². The highest BCUT2D eigenvalue weighted by molar-refractivity contribution is 5.41. The first-order chi connectivity index (χ1) is 6.25. The number of hydrogen-bond acceptors (Lipinski definition) is 4. The van der Waals surface area contributed by atoms with E-state index in [-0.39, 0.29) is 12.2 Å². The summed E-state index contributed by atoms with van der Waals surface area (Å²) >= 11 is 0. The summed E-state index contributed by atoms with van der Waals surface area (Å²) in [6.45, 7) is 0.000648. The minimum absolute atomic E-state index is 0.000648. The summed E-state index contributed by atoms with van der Waals surface area (Å²) in [5.74, 6) is 0. The van der Waals surface area contributed by atoms with Gasteiger partial charge in [0.25, 0.3) is 5.69 Å². The van der Waals surface area contributed by atoms with Crippen LogP contribution in [-0.4, -0.2) is 11.0 Å². The molecule has 0 aliphatic rings. The molecule has 0 bridgehead atoms. The van der Waals surface area contributed by atoms with Gasteiger partial charge in [-0.25, -0.2) is 9.79 Å². The second-order valence-corrected chi connectivity index (χ2v) is 2.29. The molecule has 1 aromatic rings. The van der Waals surface area contributed by atoms with Crippen LogP contribution in [0.5, 0.6) is 0 Å². The van der Waals surface area contributed by atoms with Crippen LogP contribution in [0.25, 0.3) is 0 Å². The molecule has 0 aliphatic carbocycles. The largest absolute Gasteiger partial charge is 0.274 e. The second-order valence-electron chi connectivity index (χ2n) is 2.29. The van der Waals surface area contributed by atoms with Gasteiger partial charge in [0.2, 0.25) is 6.08 Å². The molecule has 5 nitrogen and oxygen atoms in total. The maximum atomic E-state index is 10.5. The van der Waals surface area contributed by atoms with Gasteiger partial charge in [0.05, 0.1) is 17.0 Å². The Balaban J connectivity index is 3.04. The van der Waals surface area contributed by atoms with Crippen LogP contribution in [0, 0.1) is 10.1 Å². The summed E-state index contributed by atoms with van der Waals surface area (Å²) in [4.78, 5) is 23.0. The molecule has 0 atom stereocenters. The Morgan fingerprint density at radius 3 is 2.77 bits per heavy atom. The molecule has 1 aromatic carbocycles. The van der Waals surface area contributed by atoms with Crippen molar-refractivity contribution in [2.45, 2.75) is 6.54 Å². The van der Waals surface area contributed by atoms with Crippen molar-refractivity contribution >= 4 is 11.8 Å². The summed E-state index contributed by atoms with van der Waals surface area (Å²) in [7, 11) is 0. The van der Waals surface area contributed by atoms with Gasteiger partial charge in [0, 0.05) is 6.07 Å². The van der Waals surface area contributed by atoms with E-state index in [4.69, 9.17) is 0 Å². The van der Waals surface area contributed by atoms with Crippen molar-refractivity contribution in [1.29, 1.82) is 0 Å². The van der Waals surface area contributed by atoms with Crippen molar-refractivity contribution in [3.05, 3.63) is 39.9 Å². The third-order valence-corrected chi connectivity index (χ3v) is 1.50. The van der Waals surface area contributed by atoms with Gasteiger partial charge in [0.1, 0.15) is 0 Å². The zero-order valence-corrected chi connectivity index (χ0v) is 6.64. The van der Waals surface area contributed by atoms with E-state index in [1.165, 1.54) is 12.1 Å². The molecule has 0 radical (unpaired) electrons. The maximum Gasteiger partial charge on any atom is 0.274 e. The topological polar surface area (TPSA) is 72.6 Å². The molecular formula is C8H6N2O3. The molecule has 0 N–H and O–H groups in total. The zero-order valence-electron chi connectivity index (χ0n) is 6.64. The van der Waals surface area contributed by atoms with Crippen molar-refractivity contribution in [1.82, 2.24) is 0 Å². The van der Waals surface area contributed by atoms with Crippen LogP contribution in [0.1, 0.15) is 5.56 Å². The maximum absolute atomic E-state index is 10.5. The molecule has 1 rings (SSSR count). The number of nitro groups is 1. The number of nitro benzene ring substituents is 1. The molecule has 0 spiro atoms. The Morgan fingerprint density at radius 2 is 2.15 bits per heavy atom. The molecule has 0 fully saturated rings. The molecule has 66 valence electrons. The summed E-state index contributed by atoms with van der Waals surface area (Å²) in [5.41, 5.74) is 0.386. The number of hydrogen-bond donors (Lipinski definition) is 0. The Kier molecular flexibility index (Phi) is 2.89. The fourth-order valence-corrected chi connectivity index (χ4v) is 0.940. The van der Waals surface area contributed by atoms with Crippen LogP contribution < -0.4 is 0 Å². The quantitative estimate of drug-likeness (QED) is 0.304. The summed E-state index contributed by atoms with van der Waals surface area (Å²) in [6, 6.07) is 6.14. The van der Waals surface area contributed by atoms with Crippen LogP contribution in [0.15, 0.2) is 29.3 Å². The normalized spacial score (nSPS) is 8.92. The smallest absolute Gasteiger partial charge is 0.258 e. The van der Waals surface area contributed by atoms with E-state index in [2.05, 4.69) is 4.99 Å². The third kappa shape index (κ3) is 2.21. The Hall–Kier alpha value is -2.00. The molecule has 0 saturated carbocycles. The van der Waals surface area contributed by atoms with Gasteiger partial charge in [-0.15, -0.1) is 0 Å². The Morgan fingerprint density at radius 1 is 1.46 bits per heavy atom. The lowest BCUT2D eigenvalue weighted by Gasteiger charge is -1.96. The number of carbonyl (C=O) groups excluding carboxylic acids is 1. The first-order valence-corrected chi connectivity index (χ1v) is 3.51. The van der Waals surface area contributed by atoms with E-state index in [0.717, 1.165) is 0 Å². The average Bonchev–Trinajstić information content (AvgIpc) is 2.15. The molecule has 13 heavy (non-hydrogen) atoms. The molecular weight excluding hydrogens is 172 g/mol. The SMILES string of the molecule is O=C=NCc1ccccc1[N+](=O)[O-]. The predicted octanol–water partition coefficient (Wildman–Crippen LogP) is 1.43. The minimum atomic E-state index is -0.504. The van der Waals surface area contributed by atoms with E-state index < -0.39 is 4.92 Å². The van der Waals surface area contributed by atoms with Gasteiger partial charge < -0.3 is 0 Å². The third-order valence-electron chi connectivity index (χ3n) is 1.50. The van der Waals surface area contributed by atoms with Crippen molar-refractivity contribution in [2.75, 3.05) is 0 Å². The molecule has 0 aromatic heterocycles. The zero-order chi connectivity index (χ0) is 9.68. The van der Waals surface area contributed by atoms with Gasteiger partial charge in [-0.2, -0.15) is 0 Å². The Labute approximate surface area is 73.9 Å². The summed E-state index contributed by atoms with van der Waals surface area (Å²) in [5, 5.41) is 10.5.